The molecule has 0 saturated heterocycles. The van der Waals surface area contributed by atoms with Gasteiger partial charge in [-0.2, -0.15) is 5.10 Å². The maximum absolute atomic E-state index is 6.39. The Morgan fingerprint density at radius 1 is 1.25 bits per heavy atom. The van der Waals surface area contributed by atoms with Gasteiger partial charge in [0.05, 0.1) is 17.3 Å². The van der Waals surface area contributed by atoms with E-state index < -0.39 is 0 Å². The molecule has 0 radical (unpaired) electrons. The second-order valence-corrected chi connectivity index (χ2v) is 5.54. The summed E-state index contributed by atoms with van der Waals surface area (Å²) in [6, 6.07) is 2.56. The van der Waals surface area contributed by atoms with Crippen molar-refractivity contribution >= 4 is 0 Å². The Labute approximate surface area is 123 Å². The summed E-state index contributed by atoms with van der Waals surface area (Å²) in [7, 11) is 1.76. The van der Waals surface area contributed by atoms with Gasteiger partial charge in [0.25, 0.3) is 0 Å². The molecule has 0 bridgehead atoms. The summed E-state index contributed by atoms with van der Waals surface area (Å²) in [5.74, 6) is 0. The molecule has 1 atom stereocenters. The van der Waals surface area contributed by atoms with Gasteiger partial charge in [0.15, 0.2) is 0 Å². The van der Waals surface area contributed by atoms with Crippen LogP contribution in [0.25, 0.3) is 0 Å². The number of nitrogens with zero attached hydrogens (tertiary/aromatic N) is 2. The quantitative estimate of drug-likeness (QED) is 0.755. The van der Waals surface area contributed by atoms with Crippen molar-refractivity contribution in [2.75, 3.05) is 7.11 Å². The predicted octanol–water partition coefficient (Wildman–Crippen LogP) is 3.32. The van der Waals surface area contributed by atoms with Crippen LogP contribution in [0.3, 0.4) is 0 Å². The van der Waals surface area contributed by atoms with Gasteiger partial charge < -0.3 is 10.5 Å². The lowest BCUT2D eigenvalue weighted by atomic mass is 9.86. The zero-order chi connectivity index (χ0) is 15.2. The number of rotatable bonds is 9. The summed E-state index contributed by atoms with van der Waals surface area (Å²) in [5.41, 5.74) is 7.22. The van der Waals surface area contributed by atoms with Crippen molar-refractivity contribution in [2.45, 2.75) is 77.5 Å². The van der Waals surface area contributed by atoms with Crippen molar-refractivity contribution in [3.05, 3.63) is 18.0 Å². The second-order valence-electron chi connectivity index (χ2n) is 5.54. The lowest BCUT2D eigenvalue weighted by Crippen LogP contribution is -2.50. The molecule has 0 aromatic carbocycles. The van der Waals surface area contributed by atoms with E-state index >= 15 is 0 Å². The molecule has 0 saturated carbocycles. The van der Waals surface area contributed by atoms with Crippen LogP contribution in [0.5, 0.6) is 0 Å². The molecular weight excluding hydrogens is 250 g/mol. The topological polar surface area (TPSA) is 53.1 Å². The van der Waals surface area contributed by atoms with Crippen molar-refractivity contribution in [1.29, 1.82) is 0 Å². The molecule has 1 aromatic heterocycles. The molecule has 116 valence electrons. The van der Waals surface area contributed by atoms with Crippen molar-refractivity contribution in [3.63, 3.8) is 0 Å². The van der Waals surface area contributed by atoms with E-state index in [4.69, 9.17) is 10.5 Å². The summed E-state index contributed by atoms with van der Waals surface area (Å²) >= 11 is 0. The van der Waals surface area contributed by atoms with Gasteiger partial charge in [-0.1, -0.05) is 27.7 Å². The Morgan fingerprint density at radius 2 is 1.85 bits per heavy atom. The van der Waals surface area contributed by atoms with Crippen LogP contribution in [-0.4, -0.2) is 28.5 Å². The van der Waals surface area contributed by atoms with Gasteiger partial charge in [0.2, 0.25) is 0 Å². The highest BCUT2D eigenvalue weighted by molar-refractivity contribution is 5.05. The van der Waals surface area contributed by atoms with Gasteiger partial charge in [-0.15, -0.1) is 0 Å². The van der Waals surface area contributed by atoms with Crippen molar-refractivity contribution in [2.24, 2.45) is 5.73 Å². The first-order valence-corrected chi connectivity index (χ1v) is 7.91. The Balaban J connectivity index is 2.78. The molecule has 0 spiro atoms. The fourth-order valence-electron chi connectivity index (χ4n) is 2.98. The molecule has 0 aliphatic rings. The normalized spacial score (nSPS) is 13.9. The first-order chi connectivity index (χ1) is 9.56. The fraction of sp³-hybridized carbons (Fsp3) is 0.812. The molecule has 20 heavy (non-hydrogen) atoms. The SMILES string of the molecule is CCC(CC)n1ccc(CC(N)C(CC)(CC)OC)n1. The molecule has 4 nitrogen and oxygen atoms in total. The van der Waals surface area contributed by atoms with E-state index in [1.807, 2.05) is 0 Å². The molecule has 0 fully saturated rings. The number of ether oxygens (including phenoxy) is 1. The maximum Gasteiger partial charge on any atom is 0.0827 e. The molecule has 0 amide bonds. The number of hydrogen-bond acceptors (Lipinski definition) is 3. The molecule has 4 heteroatoms. The monoisotopic (exact) mass is 281 g/mol. The van der Waals surface area contributed by atoms with Crippen LogP contribution in [0.1, 0.15) is 65.1 Å². The molecule has 1 rings (SSSR count). The highest BCUT2D eigenvalue weighted by Crippen LogP contribution is 2.25. The van der Waals surface area contributed by atoms with Gasteiger partial charge in [-0.3, -0.25) is 4.68 Å². The molecular formula is C16H31N3O. The van der Waals surface area contributed by atoms with E-state index in [2.05, 4.69) is 49.7 Å². The minimum absolute atomic E-state index is 0.0208. The smallest absolute Gasteiger partial charge is 0.0827 e. The summed E-state index contributed by atoms with van der Waals surface area (Å²) in [6.45, 7) is 8.67. The Morgan fingerprint density at radius 3 is 2.30 bits per heavy atom. The van der Waals surface area contributed by atoms with Crippen molar-refractivity contribution < 1.29 is 4.74 Å². The number of methoxy groups -OCH3 is 1. The first-order valence-electron chi connectivity index (χ1n) is 7.91. The van der Waals surface area contributed by atoms with Gasteiger partial charge in [-0.25, -0.2) is 0 Å². The van der Waals surface area contributed by atoms with E-state index in [0.29, 0.717) is 6.04 Å². The van der Waals surface area contributed by atoms with Crippen molar-refractivity contribution in [1.82, 2.24) is 9.78 Å². The summed E-state index contributed by atoms with van der Waals surface area (Å²) in [5, 5.41) is 4.69. The van der Waals surface area contributed by atoms with Gasteiger partial charge in [-0.05, 0) is 31.7 Å². The molecule has 0 aliphatic carbocycles. The zero-order valence-corrected chi connectivity index (χ0v) is 13.7. The molecule has 1 aromatic rings. The van der Waals surface area contributed by atoms with Crippen LogP contribution < -0.4 is 5.73 Å². The van der Waals surface area contributed by atoms with E-state index in [0.717, 1.165) is 37.8 Å². The lowest BCUT2D eigenvalue weighted by Gasteiger charge is -2.36. The average molecular weight is 281 g/mol. The van der Waals surface area contributed by atoms with Gasteiger partial charge in [0, 0.05) is 25.8 Å². The third-order valence-electron chi connectivity index (χ3n) is 4.69. The fourth-order valence-corrected chi connectivity index (χ4v) is 2.98. The molecule has 1 heterocycles. The maximum atomic E-state index is 6.39. The summed E-state index contributed by atoms with van der Waals surface area (Å²) in [6.07, 6.45) is 6.91. The largest absolute Gasteiger partial charge is 0.377 e. The van der Waals surface area contributed by atoms with Crippen molar-refractivity contribution in [3.8, 4) is 0 Å². The zero-order valence-electron chi connectivity index (χ0n) is 13.7. The van der Waals surface area contributed by atoms with Gasteiger partial charge in [0.1, 0.15) is 0 Å². The van der Waals surface area contributed by atoms with Crippen LogP contribution in [-0.2, 0) is 11.2 Å². The van der Waals surface area contributed by atoms with Crippen LogP contribution in [0.4, 0.5) is 0 Å². The number of aromatic nitrogens is 2. The Kier molecular flexibility index (Phi) is 6.69. The Hall–Kier alpha value is -0.870. The third-order valence-corrected chi connectivity index (χ3v) is 4.69. The second kappa shape index (κ2) is 7.79. The van der Waals surface area contributed by atoms with E-state index in [1.54, 1.807) is 7.11 Å². The van der Waals surface area contributed by atoms with Crippen LogP contribution in [0.2, 0.25) is 0 Å². The van der Waals surface area contributed by atoms with E-state index in [9.17, 15) is 0 Å². The summed E-state index contributed by atoms with van der Waals surface area (Å²) < 4.78 is 7.79. The average Bonchev–Trinajstić information content (AvgIpc) is 2.91. The van der Waals surface area contributed by atoms with Gasteiger partial charge >= 0.3 is 0 Å². The lowest BCUT2D eigenvalue weighted by molar-refractivity contribution is -0.0376. The van der Waals surface area contributed by atoms with Crippen LogP contribution in [0.15, 0.2) is 12.3 Å². The third kappa shape index (κ3) is 3.61. The highest BCUT2D eigenvalue weighted by atomic mass is 16.5. The number of nitrogens with two attached hydrogens (primary N) is 1. The number of hydrogen-bond donors (Lipinski definition) is 1. The van der Waals surface area contributed by atoms with Crippen LogP contribution >= 0.6 is 0 Å². The molecule has 1 unspecified atom stereocenters. The minimum Gasteiger partial charge on any atom is -0.377 e. The minimum atomic E-state index is -0.237. The van der Waals surface area contributed by atoms with Crippen LogP contribution in [0, 0.1) is 0 Å². The van der Waals surface area contributed by atoms with E-state index in [-0.39, 0.29) is 11.6 Å². The predicted molar refractivity (Wildman–Crippen MR) is 83.8 cm³/mol. The molecule has 0 aliphatic heterocycles. The molecule has 2 N–H and O–H groups in total. The standard InChI is InChI=1S/C16H31N3O/c1-6-14(7-2)19-11-10-13(18-19)12-15(17)16(8-3,9-4)20-5/h10-11,14-15H,6-9,12,17H2,1-5H3. The van der Waals surface area contributed by atoms with E-state index in [1.165, 1.54) is 0 Å². The summed E-state index contributed by atoms with van der Waals surface area (Å²) in [4.78, 5) is 0. The Bertz CT molecular complexity index is 373. The highest BCUT2D eigenvalue weighted by Gasteiger charge is 2.33. The first kappa shape index (κ1) is 17.2.